The molecule has 0 radical (unpaired) electrons. The Labute approximate surface area is 113 Å². The lowest BCUT2D eigenvalue weighted by Crippen LogP contribution is -2.03. The first-order chi connectivity index (χ1) is 8.65. The van der Waals surface area contributed by atoms with Crippen molar-refractivity contribution in [3.05, 3.63) is 22.6 Å². The van der Waals surface area contributed by atoms with E-state index < -0.39 is 0 Å². The van der Waals surface area contributed by atoms with Crippen molar-refractivity contribution in [3.8, 4) is 17.4 Å². The lowest BCUT2D eigenvalue weighted by atomic mass is 10.3. The maximum absolute atomic E-state index is 5.83. The Morgan fingerprint density at radius 3 is 2.78 bits per heavy atom. The normalized spacial score (nSPS) is 10.4. The Hall–Kier alpha value is -1.76. The second-order valence-electron chi connectivity index (χ2n) is 3.49. The van der Waals surface area contributed by atoms with Gasteiger partial charge in [-0.1, -0.05) is 6.92 Å². The van der Waals surface area contributed by atoms with E-state index in [1.807, 2.05) is 6.92 Å². The molecule has 18 heavy (non-hydrogen) atoms. The minimum Gasteiger partial charge on any atom is -0.481 e. The van der Waals surface area contributed by atoms with Gasteiger partial charge in [0.25, 0.3) is 0 Å². The molecule has 0 bridgehead atoms. The Kier molecular flexibility index (Phi) is 3.71. The van der Waals surface area contributed by atoms with E-state index in [1.165, 1.54) is 6.33 Å². The van der Waals surface area contributed by atoms with Crippen LogP contribution in [0, 0.1) is 0 Å². The van der Waals surface area contributed by atoms with Crippen LogP contribution in [-0.2, 0) is 6.42 Å². The van der Waals surface area contributed by atoms with Crippen LogP contribution in [0.3, 0.4) is 0 Å². The molecule has 2 aromatic heterocycles. The number of aryl methyl sites for hydroxylation is 1. The topological polar surface area (TPSA) is 86.8 Å². The molecule has 0 aliphatic rings. The van der Waals surface area contributed by atoms with Gasteiger partial charge in [0.15, 0.2) is 5.82 Å². The third-order valence-corrected chi connectivity index (χ3v) is 3.22. The number of rotatable bonds is 3. The van der Waals surface area contributed by atoms with Gasteiger partial charge in [-0.15, -0.1) is 0 Å². The molecule has 0 aromatic carbocycles. The second-order valence-corrected chi connectivity index (χ2v) is 4.29. The zero-order chi connectivity index (χ0) is 13.1. The molecule has 7 heteroatoms. The summed E-state index contributed by atoms with van der Waals surface area (Å²) in [4.78, 5) is 16.7. The van der Waals surface area contributed by atoms with Crippen LogP contribution in [0.15, 0.2) is 16.9 Å². The van der Waals surface area contributed by atoms with Crippen molar-refractivity contribution in [1.29, 1.82) is 0 Å². The second kappa shape index (κ2) is 5.26. The fraction of sp³-hybridized carbons (Fsp3) is 0.273. The highest BCUT2D eigenvalue weighted by Crippen LogP contribution is 2.25. The van der Waals surface area contributed by atoms with Crippen molar-refractivity contribution in [2.24, 2.45) is 0 Å². The van der Waals surface area contributed by atoms with Crippen LogP contribution in [0.25, 0.3) is 11.5 Å². The molecule has 0 saturated heterocycles. The van der Waals surface area contributed by atoms with Gasteiger partial charge in [-0.2, -0.15) is 0 Å². The molecule has 2 N–H and O–H groups in total. The van der Waals surface area contributed by atoms with Crippen LogP contribution in [0.2, 0.25) is 0 Å². The highest BCUT2D eigenvalue weighted by atomic mass is 79.9. The summed E-state index contributed by atoms with van der Waals surface area (Å²) in [5.74, 6) is 1.32. The number of hydrogen-bond acceptors (Lipinski definition) is 6. The smallest absolute Gasteiger partial charge is 0.216 e. The fourth-order valence-corrected chi connectivity index (χ4v) is 1.89. The third kappa shape index (κ3) is 2.40. The van der Waals surface area contributed by atoms with Gasteiger partial charge in [-0.05, 0) is 22.4 Å². The standard InChI is InChI=1S/C11H12BrN5O/c1-3-6-9(12)10(13)17-11(16-6)7-4-8(18-2)15-5-14-7/h4-5H,3H2,1-2H3,(H2,13,16,17). The summed E-state index contributed by atoms with van der Waals surface area (Å²) in [7, 11) is 1.54. The molecule has 0 atom stereocenters. The van der Waals surface area contributed by atoms with E-state index in [0.29, 0.717) is 23.2 Å². The summed E-state index contributed by atoms with van der Waals surface area (Å²) < 4.78 is 5.77. The number of methoxy groups -OCH3 is 1. The van der Waals surface area contributed by atoms with Gasteiger partial charge in [0.2, 0.25) is 5.88 Å². The maximum Gasteiger partial charge on any atom is 0.216 e. The van der Waals surface area contributed by atoms with Gasteiger partial charge in [0.1, 0.15) is 17.8 Å². The van der Waals surface area contributed by atoms with Crippen LogP contribution >= 0.6 is 15.9 Å². The highest BCUT2D eigenvalue weighted by Gasteiger charge is 2.12. The Morgan fingerprint density at radius 2 is 2.11 bits per heavy atom. The number of aromatic nitrogens is 4. The van der Waals surface area contributed by atoms with Gasteiger partial charge >= 0.3 is 0 Å². The molecule has 94 valence electrons. The van der Waals surface area contributed by atoms with Gasteiger partial charge in [-0.25, -0.2) is 19.9 Å². The molecule has 0 fully saturated rings. The predicted molar refractivity (Wildman–Crippen MR) is 71.1 cm³/mol. The van der Waals surface area contributed by atoms with Gasteiger partial charge in [0.05, 0.1) is 17.3 Å². The van der Waals surface area contributed by atoms with E-state index in [-0.39, 0.29) is 0 Å². The third-order valence-electron chi connectivity index (χ3n) is 2.36. The number of nitrogens with zero attached hydrogens (tertiary/aromatic N) is 4. The average Bonchev–Trinajstić information content (AvgIpc) is 2.41. The molecule has 2 heterocycles. The summed E-state index contributed by atoms with van der Waals surface area (Å²) in [6, 6.07) is 1.67. The minimum atomic E-state index is 0.398. The number of nitrogens with two attached hydrogens (primary N) is 1. The van der Waals surface area contributed by atoms with Crippen LogP contribution in [0.5, 0.6) is 5.88 Å². The lowest BCUT2D eigenvalue weighted by Gasteiger charge is -2.07. The number of hydrogen-bond donors (Lipinski definition) is 1. The van der Waals surface area contributed by atoms with Gasteiger partial charge in [-0.3, -0.25) is 0 Å². The minimum absolute atomic E-state index is 0.398. The average molecular weight is 310 g/mol. The number of ether oxygens (including phenoxy) is 1. The molecule has 2 rings (SSSR count). The summed E-state index contributed by atoms with van der Waals surface area (Å²) in [5.41, 5.74) is 7.25. The molecule has 0 saturated carbocycles. The maximum atomic E-state index is 5.83. The van der Waals surface area contributed by atoms with Crippen LogP contribution < -0.4 is 10.5 Å². The summed E-state index contributed by atoms with van der Waals surface area (Å²) in [6.07, 6.45) is 2.16. The molecule has 0 unspecified atom stereocenters. The highest BCUT2D eigenvalue weighted by molar-refractivity contribution is 9.10. The molecule has 0 aliphatic heterocycles. The first kappa shape index (κ1) is 12.7. The quantitative estimate of drug-likeness (QED) is 0.931. The van der Waals surface area contributed by atoms with Crippen LogP contribution in [-0.4, -0.2) is 27.0 Å². The monoisotopic (exact) mass is 309 g/mol. The first-order valence-electron chi connectivity index (χ1n) is 5.34. The van der Waals surface area contributed by atoms with E-state index in [1.54, 1.807) is 13.2 Å². The van der Waals surface area contributed by atoms with Crippen LogP contribution in [0.1, 0.15) is 12.6 Å². The van der Waals surface area contributed by atoms with E-state index in [9.17, 15) is 0 Å². The molecule has 0 spiro atoms. The van der Waals surface area contributed by atoms with Crippen molar-refractivity contribution in [2.75, 3.05) is 12.8 Å². The number of nitrogen functional groups attached to an aromatic ring is 1. The zero-order valence-corrected chi connectivity index (χ0v) is 11.6. The van der Waals surface area contributed by atoms with Crippen molar-refractivity contribution in [1.82, 2.24) is 19.9 Å². The molecule has 0 aliphatic carbocycles. The van der Waals surface area contributed by atoms with Crippen molar-refractivity contribution in [3.63, 3.8) is 0 Å². The predicted octanol–water partition coefficient (Wildman–Crippen LogP) is 1.85. The van der Waals surface area contributed by atoms with Crippen molar-refractivity contribution >= 4 is 21.7 Å². The number of anilines is 1. The van der Waals surface area contributed by atoms with E-state index >= 15 is 0 Å². The van der Waals surface area contributed by atoms with E-state index in [4.69, 9.17) is 10.5 Å². The van der Waals surface area contributed by atoms with Gasteiger partial charge in [0, 0.05) is 6.07 Å². The molecular formula is C11H12BrN5O. The molecule has 2 aromatic rings. The zero-order valence-electron chi connectivity index (χ0n) is 10.0. The molecular weight excluding hydrogens is 298 g/mol. The Morgan fingerprint density at radius 1 is 1.33 bits per heavy atom. The summed E-state index contributed by atoms with van der Waals surface area (Å²) in [5, 5.41) is 0. The van der Waals surface area contributed by atoms with E-state index in [0.717, 1.165) is 16.6 Å². The molecule has 0 amide bonds. The van der Waals surface area contributed by atoms with Crippen molar-refractivity contribution in [2.45, 2.75) is 13.3 Å². The molecule has 6 nitrogen and oxygen atoms in total. The first-order valence-corrected chi connectivity index (χ1v) is 6.13. The van der Waals surface area contributed by atoms with Crippen LogP contribution in [0.4, 0.5) is 5.82 Å². The summed E-state index contributed by atoms with van der Waals surface area (Å²) in [6.45, 7) is 2.00. The fourth-order valence-electron chi connectivity index (χ4n) is 1.44. The lowest BCUT2D eigenvalue weighted by molar-refractivity contribution is 0.397. The van der Waals surface area contributed by atoms with E-state index in [2.05, 4.69) is 35.9 Å². The largest absolute Gasteiger partial charge is 0.481 e. The van der Waals surface area contributed by atoms with Crippen molar-refractivity contribution < 1.29 is 4.74 Å². The summed E-state index contributed by atoms with van der Waals surface area (Å²) >= 11 is 3.37. The van der Waals surface area contributed by atoms with Gasteiger partial charge < -0.3 is 10.5 Å². The number of halogens is 1. The Balaban J connectivity index is 2.53. The SMILES string of the molecule is CCc1nc(-c2cc(OC)ncn2)nc(N)c1Br. The Bertz CT molecular complexity index is 575.